The third-order valence-corrected chi connectivity index (χ3v) is 3.41. The van der Waals surface area contributed by atoms with Crippen LogP contribution in [0.15, 0.2) is 11.6 Å². The van der Waals surface area contributed by atoms with Crippen LogP contribution in [-0.2, 0) is 4.74 Å². The zero-order valence-corrected chi connectivity index (χ0v) is 12.5. The zero-order chi connectivity index (χ0) is 15.2. The Morgan fingerprint density at radius 2 is 2.05 bits per heavy atom. The molecule has 1 rings (SSSR count). The first kappa shape index (κ1) is 17.5. The van der Waals surface area contributed by atoms with Crippen molar-refractivity contribution in [3.05, 3.63) is 11.6 Å². The van der Waals surface area contributed by atoms with Crippen LogP contribution in [0.4, 0.5) is 13.2 Å². The number of alkyl halides is 3. The third-order valence-electron chi connectivity index (χ3n) is 3.41. The van der Waals surface area contributed by atoms with Crippen LogP contribution in [0.1, 0.15) is 20.3 Å². The number of halogens is 3. The normalized spacial score (nSPS) is 19.2. The first-order chi connectivity index (χ1) is 9.34. The Bertz CT molecular complexity index is 316. The standard InChI is InChI=1S/C14H25F3N2O/c1-11(2)8-18-9-13(10-20-3)19-6-4-12(5-7-19)14(15,16)17/h4,11,13,18H,5-10H2,1-3H3. The lowest BCUT2D eigenvalue weighted by molar-refractivity contribution is -0.0966. The molecule has 0 radical (unpaired) electrons. The van der Waals surface area contributed by atoms with Crippen LogP contribution < -0.4 is 5.32 Å². The van der Waals surface area contributed by atoms with Gasteiger partial charge >= 0.3 is 6.18 Å². The molecule has 1 atom stereocenters. The minimum Gasteiger partial charge on any atom is -0.383 e. The van der Waals surface area contributed by atoms with Crippen LogP contribution >= 0.6 is 0 Å². The van der Waals surface area contributed by atoms with Gasteiger partial charge < -0.3 is 10.1 Å². The van der Waals surface area contributed by atoms with Gasteiger partial charge in [-0.2, -0.15) is 13.2 Å². The van der Waals surface area contributed by atoms with E-state index in [9.17, 15) is 13.2 Å². The predicted octanol–water partition coefficient (Wildman–Crippen LogP) is 2.44. The van der Waals surface area contributed by atoms with Gasteiger partial charge in [-0.3, -0.25) is 4.90 Å². The average molecular weight is 294 g/mol. The van der Waals surface area contributed by atoms with Gasteiger partial charge in [-0.15, -0.1) is 0 Å². The van der Waals surface area contributed by atoms with Crippen LogP contribution in [0, 0.1) is 5.92 Å². The number of rotatable bonds is 7. The highest BCUT2D eigenvalue weighted by Crippen LogP contribution is 2.30. The number of ether oxygens (including phenoxy) is 1. The van der Waals surface area contributed by atoms with Gasteiger partial charge in [0.25, 0.3) is 0 Å². The van der Waals surface area contributed by atoms with Crippen molar-refractivity contribution in [2.24, 2.45) is 5.92 Å². The van der Waals surface area contributed by atoms with E-state index in [1.165, 1.54) is 6.08 Å². The Labute approximate surface area is 119 Å². The fourth-order valence-corrected chi connectivity index (χ4v) is 2.30. The van der Waals surface area contributed by atoms with Gasteiger partial charge in [0, 0.05) is 38.4 Å². The highest BCUT2D eigenvalue weighted by molar-refractivity contribution is 5.13. The fourth-order valence-electron chi connectivity index (χ4n) is 2.30. The van der Waals surface area contributed by atoms with Gasteiger partial charge in [0.05, 0.1) is 6.61 Å². The van der Waals surface area contributed by atoms with Gasteiger partial charge in [-0.05, 0) is 18.9 Å². The van der Waals surface area contributed by atoms with E-state index in [0.29, 0.717) is 25.6 Å². The van der Waals surface area contributed by atoms with Crippen molar-refractivity contribution in [2.45, 2.75) is 32.5 Å². The highest BCUT2D eigenvalue weighted by atomic mass is 19.4. The van der Waals surface area contributed by atoms with E-state index in [2.05, 4.69) is 19.2 Å². The second-order valence-corrected chi connectivity index (χ2v) is 5.63. The number of nitrogens with zero attached hydrogens (tertiary/aromatic N) is 1. The zero-order valence-electron chi connectivity index (χ0n) is 12.5. The SMILES string of the molecule is COCC(CNCC(C)C)N1CC=C(C(F)(F)F)CC1. The molecule has 0 bridgehead atoms. The summed E-state index contributed by atoms with van der Waals surface area (Å²) in [4.78, 5) is 2.05. The molecule has 1 aliphatic heterocycles. The quantitative estimate of drug-likeness (QED) is 0.730. The van der Waals surface area contributed by atoms with E-state index >= 15 is 0 Å². The van der Waals surface area contributed by atoms with Gasteiger partial charge in [-0.25, -0.2) is 0 Å². The average Bonchev–Trinajstić information content (AvgIpc) is 2.36. The molecule has 0 aliphatic carbocycles. The van der Waals surface area contributed by atoms with Crippen molar-refractivity contribution in [1.82, 2.24) is 10.2 Å². The molecule has 1 heterocycles. The molecule has 0 aromatic heterocycles. The van der Waals surface area contributed by atoms with Crippen molar-refractivity contribution in [1.29, 1.82) is 0 Å². The van der Waals surface area contributed by atoms with Crippen LogP contribution in [0.5, 0.6) is 0 Å². The number of hydrogen-bond donors (Lipinski definition) is 1. The summed E-state index contributed by atoms with van der Waals surface area (Å²) >= 11 is 0. The molecule has 0 saturated carbocycles. The molecule has 0 aromatic rings. The maximum absolute atomic E-state index is 12.6. The van der Waals surface area contributed by atoms with E-state index < -0.39 is 11.7 Å². The second-order valence-electron chi connectivity index (χ2n) is 5.63. The van der Waals surface area contributed by atoms with Crippen molar-refractivity contribution in [3.63, 3.8) is 0 Å². The summed E-state index contributed by atoms with van der Waals surface area (Å²) in [5.74, 6) is 0.552. The topological polar surface area (TPSA) is 24.5 Å². The van der Waals surface area contributed by atoms with Crippen molar-refractivity contribution in [2.75, 3.05) is 39.9 Å². The Hall–Kier alpha value is -0.590. The smallest absolute Gasteiger partial charge is 0.383 e. The molecule has 118 valence electrons. The first-order valence-corrected chi connectivity index (χ1v) is 7.04. The van der Waals surface area contributed by atoms with Crippen molar-refractivity contribution >= 4 is 0 Å². The molecule has 0 aromatic carbocycles. The second kappa shape index (κ2) is 8.00. The van der Waals surface area contributed by atoms with Gasteiger partial charge in [0.15, 0.2) is 0 Å². The summed E-state index contributed by atoms with van der Waals surface area (Å²) in [6.07, 6.45) is -2.82. The summed E-state index contributed by atoms with van der Waals surface area (Å²) < 4.78 is 42.9. The minimum atomic E-state index is -4.18. The molecule has 1 aliphatic rings. The lowest BCUT2D eigenvalue weighted by atomic mass is 10.1. The molecule has 0 fully saturated rings. The number of nitrogens with one attached hydrogen (secondary N) is 1. The molecule has 3 nitrogen and oxygen atoms in total. The molecule has 0 spiro atoms. The van der Waals surface area contributed by atoms with E-state index in [0.717, 1.165) is 13.1 Å². The summed E-state index contributed by atoms with van der Waals surface area (Å²) in [7, 11) is 1.62. The van der Waals surface area contributed by atoms with Crippen LogP contribution in [-0.4, -0.2) is 57.0 Å². The Morgan fingerprint density at radius 1 is 1.35 bits per heavy atom. The molecule has 20 heavy (non-hydrogen) atoms. The predicted molar refractivity (Wildman–Crippen MR) is 73.7 cm³/mol. The fraction of sp³-hybridized carbons (Fsp3) is 0.857. The van der Waals surface area contributed by atoms with Gasteiger partial charge in [-0.1, -0.05) is 19.9 Å². The molecular formula is C14H25F3N2O. The van der Waals surface area contributed by atoms with Crippen molar-refractivity contribution in [3.8, 4) is 0 Å². The molecule has 1 N–H and O–H groups in total. The van der Waals surface area contributed by atoms with E-state index in [4.69, 9.17) is 4.74 Å². The lowest BCUT2D eigenvalue weighted by Gasteiger charge is -2.34. The summed E-state index contributed by atoms with van der Waals surface area (Å²) in [6.45, 7) is 7.18. The summed E-state index contributed by atoms with van der Waals surface area (Å²) in [6, 6.07) is 0.116. The molecule has 0 amide bonds. The minimum absolute atomic E-state index is 0.0634. The molecule has 6 heteroatoms. The molecule has 0 saturated heterocycles. The Balaban J connectivity index is 2.51. The first-order valence-electron chi connectivity index (χ1n) is 7.04. The monoisotopic (exact) mass is 294 g/mol. The largest absolute Gasteiger partial charge is 0.412 e. The Morgan fingerprint density at radius 3 is 2.50 bits per heavy atom. The molecular weight excluding hydrogens is 269 g/mol. The summed E-state index contributed by atoms with van der Waals surface area (Å²) in [5.41, 5.74) is -0.403. The summed E-state index contributed by atoms with van der Waals surface area (Å²) in [5, 5.41) is 3.34. The number of methoxy groups -OCH3 is 1. The van der Waals surface area contributed by atoms with Crippen LogP contribution in [0.3, 0.4) is 0 Å². The molecule has 1 unspecified atom stereocenters. The van der Waals surface area contributed by atoms with Gasteiger partial charge in [0.2, 0.25) is 0 Å². The van der Waals surface area contributed by atoms with E-state index in [1.54, 1.807) is 7.11 Å². The maximum atomic E-state index is 12.6. The van der Waals surface area contributed by atoms with Crippen LogP contribution in [0.2, 0.25) is 0 Å². The maximum Gasteiger partial charge on any atom is 0.412 e. The number of hydrogen-bond acceptors (Lipinski definition) is 3. The lowest BCUT2D eigenvalue weighted by Crippen LogP contribution is -2.48. The van der Waals surface area contributed by atoms with Crippen LogP contribution in [0.25, 0.3) is 0 Å². The van der Waals surface area contributed by atoms with Crippen molar-refractivity contribution < 1.29 is 17.9 Å². The Kier molecular flexibility index (Phi) is 6.99. The highest BCUT2D eigenvalue weighted by Gasteiger charge is 2.35. The third kappa shape index (κ3) is 5.81. The van der Waals surface area contributed by atoms with E-state index in [1.807, 2.05) is 4.90 Å². The van der Waals surface area contributed by atoms with E-state index in [-0.39, 0.29) is 12.5 Å². The van der Waals surface area contributed by atoms with Gasteiger partial charge in [0.1, 0.15) is 0 Å².